The van der Waals surface area contributed by atoms with Crippen molar-refractivity contribution < 1.29 is 14.4 Å². The van der Waals surface area contributed by atoms with Crippen LogP contribution in [0.1, 0.15) is 12.8 Å². The molecule has 3 fully saturated rings. The molecule has 1 atom stereocenters. The lowest BCUT2D eigenvalue weighted by atomic mass is 10.0. The molecular formula is C14H23ClN4O3S. The molecule has 1 N–H and O–H groups in total. The molecule has 0 radical (unpaired) electrons. The molecule has 3 aliphatic rings. The molecule has 0 aromatic heterocycles. The van der Waals surface area contributed by atoms with Gasteiger partial charge >= 0.3 is 0 Å². The number of hydrogen-bond donors (Lipinski definition) is 1. The van der Waals surface area contributed by atoms with Crippen LogP contribution in [0.4, 0.5) is 0 Å². The van der Waals surface area contributed by atoms with Crippen LogP contribution in [0.3, 0.4) is 0 Å². The summed E-state index contributed by atoms with van der Waals surface area (Å²) in [6.45, 7) is 3.42. The van der Waals surface area contributed by atoms with E-state index in [9.17, 15) is 14.4 Å². The van der Waals surface area contributed by atoms with Gasteiger partial charge in [0.15, 0.2) is 0 Å². The number of carbonyl (C=O) groups is 3. The van der Waals surface area contributed by atoms with Gasteiger partial charge in [-0.15, -0.1) is 24.2 Å². The number of carbonyl (C=O) groups excluding carboxylic acids is 3. The molecule has 1 unspecified atom stereocenters. The molecule has 0 aromatic carbocycles. The fourth-order valence-electron chi connectivity index (χ4n) is 3.25. The van der Waals surface area contributed by atoms with E-state index in [0.29, 0.717) is 31.3 Å². The highest BCUT2D eigenvalue weighted by Crippen LogP contribution is 2.19. The maximum absolute atomic E-state index is 12.4. The second kappa shape index (κ2) is 8.21. The Labute approximate surface area is 146 Å². The van der Waals surface area contributed by atoms with E-state index >= 15 is 0 Å². The predicted octanol–water partition coefficient (Wildman–Crippen LogP) is -0.636. The van der Waals surface area contributed by atoms with Gasteiger partial charge in [-0.25, -0.2) is 0 Å². The minimum Gasteiger partial charge on any atom is -0.339 e. The summed E-state index contributed by atoms with van der Waals surface area (Å²) in [7, 11) is 0. The molecule has 0 spiro atoms. The predicted molar refractivity (Wildman–Crippen MR) is 90.5 cm³/mol. The Kier molecular flexibility index (Phi) is 6.55. The summed E-state index contributed by atoms with van der Waals surface area (Å²) in [5.74, 6) is 1.26. The highest BCUT2D eigenvalue weighted by Gasteiger charge is 2.33. The topological polar surface area (TPSA) is 73.0 Å². The summed E-state index contributed by atoms with van der Waals surface area (Å²) in [5.41, 5.74) is 0. The van der Waals surface area contributed by atoms with E-state index in [2.05, 4.69) is 5.32 Å². The van der Waals surface area contributed by atoms with Crippen LogP contribution < -0.4 is 5.32 Å². The van der Waals surface area contributed by atoms with Crippen molar-refractivity contribution in [3.63, 3.8) is 0 Å². The van der Waals surface area contributed by atoms with Crippen LogP contribution in [0.5, 0.6) is 0 Å². The lowest BCUT2D eigenvalue weighted by molar-refractivity contribution is -0.142. The third-order valence-electron chi connectivity index (χ3n) is 4.47. The zero-order valence-corrected chi connectivity index (χ0v) is 14.7. The van der Waals surface area contributed by atoms with Gasteiger partial charge in [0, 0.05) is 32.2 Å². The summed E-state index contributed by atoms with van der Waals surface area (Å²) in [6, 6.07) is 0.121. The highest BCUT2D eigenvalue weighted by molar-refractivity contribution is 8.00. The minimum absolute atomic E-state index is 0. The number of nitrogens with zero attached hydrogens (tertiary/aromatic N) is 3. The lowest BCUT2D eigenvalue weighted by Gasteiger charge is -2.41. The van der Waals surface area contributed by atoms with Gasteiger partial charge in [0.2, 0.25) is 17.7 Å². The summed E-state index contributed by atoms with van der Waals surface area (Å²) < 4.78 is 0. The number of rotatable bonds is 3. The summed E-state index contributed by atoms with van der Waals surface area (Å²) >= 11 is 1.55. The first-order valence-corrected chi connectivity index (χ1v) is 8.94. The number of nitrogens with one attached hydrogen (secondary N) is 1. The molecule has 3 rings (SSSR count). The summed E-state index contributed by atoms with van der Waals surface area (Å²) in [4.78, 5) is 41.4. The van der Waals surface area contributed by atoms with Crippen LogP contribution in [0.2, 0.25) is 0 Å². The first-order chi connectivity index (χ1) is 10.6. The molecule has 3 saturated heterocycles. The van der Waals surface area contributed by atoms with Crippen LogP contribution in [0, 0.1) is 0 Å². The van der Waals surface area contributed by atoms with Gasteiger partial charge in [-0.3, -0.25) is 14.4 Å². The standard InChI is InChI=1S/C14H22N4O3S.ClH/c19-12-6-15-3-5-18(12)11-2-1-4-16(7-11)13(20)8-17-10-22-9-14(17)21;/h11,15H,1-10H2;1H. The van der Waals surface area contributed by atoms with E-state index in [1.165, 1.54) is 0 Å². The van der Waals surface area contributed by atoms with Gasteiger partial charge in [-0.05, 0) is 12.8 Å². The van der Waals surface area contributed by atoms with Crippen molar-refractivity contribution in [1.29, 1.82) is 0 Å². The van der Waals surface area contributed by atoms with E-state index in [1.807, 2.05) is 9.80 Å². The molecule has 0 aromatic rings. The molecule has 23 heavy (non-hydrogen) atoms. The number of halogens is 1. The third-order valence-corrected chi connectivity index (χ3v) is 5.41. The summed E-state index contributed by atoms with van der Waals surface area (Å²) in [5, 5.41) is 3.07. The number of piperidine rings is 1. The Balaban J connectivity index is 0.00000192. The first-order valence-electron chi connectivity index (χ1n) is 7.78. The van der Waals surface area contributed by atoms with Crippen molar-refractivity contribution in [2.75, 3.05) is 50.9 Å². The average Bonchev–Trinajstić information content (AvgIpc) is 2.93. The van der Waals surface area contributed by atoms with Gasteiger partial charge < -0.3 is 20.0 Å². The van der Waals surface area contributed by atoms with Crippen molar-refractivity contribution in [3.05, 3.63) is 0 Å². The molecule has 3 amide bonds. The average molecular weight is 363 g/mol. The quantitative estimate of drug-likeness (QED) is 0.723. The zero-order chi connectivity index (χ0) is 15.5. The monoisotopic (exact) mass is 362 g/mol. The minimum atomic E-state index is 0. The Morgan fingerprint density at radius 1 is 1.26 bits per heavy atom. The third kappa shape index (κ3) is 4.30. The fourth-order valence-corrected chi connectivity index (χ4v) is 4.15. The summed E-state index contributed by atoms with van der Waals surface area (Å²) in [6.07, 6.45) is 1.87. The van der Waals surface area contributed by atoms with E-state index < -0.39 is 0 Å². The number of amides is 3. The molecule has 3 heterocycles. The second-order valence-corrected chi connectivity index (χ2v) is 6.92. The number of likely N-dealkylation sites (tertiary alicyclic amines) is 1. The molecular weight excluding hydrogens is 340 g/mol. The smallest absolute Gasteiger partial charge is 0.242 e. The van der Waals surface area contributed by atoms with Gasteiger partial charge in [0.05, 0.1) is 18.2 Å². The van der Waals surface area contributed by atoms with Gasteiger partial charge in [-0.2, -0.15) is 0 Å². The zero-order valence-electron chi connectivity index (χ0n) is 13.0. The van der Waals surface area contributed by atoms with Crippen LogP contribution in [-0.4, -0.2) is 89.4 Å². The van der Waals surface area contributed by atoms with Crippen molar-refractivity contribution in [2.45, 2.75) is 18.9 Å². The molecule has 7 nitrogen and oxygen atoms in total. The number of thioether (sulfide) groups is 1. The van der Waals surface area contributed by atoms with Crippen LogP contribution in [-0.2, 0) is 14.4 Å². The molecule has 0 bridgehead atoms. The van der Waals surface area contributed by atoms with Crippen molar-refractivity contribution in [2.24, 2.45) is 0 Å². The van der Waals surface area contributed by atoms with Gasteiger partial charge in [0.1, 0.15) is 6.54 Å². The molecule has 9 heteroatoms. The van der Waals surface area contributed by atoms with Crippen LogP contribution >= 0.6 is 24.2 Å². The van der Waals surface area contributed by atoms with Crippen LogP contribution in [0.15, 0.2) is 0 Å². The Bertz CT molecular complexity index is 479. The Hall–Kier alpha value is -0.990. The number of hydrogen-bond acceptors (Lipinski definition) is 5. The largest absolute Gasteiger partial charge is 0.339 e. The molecule has 0 aliphatic carbocycles. The molecule has 3 aliphatic heterocycles. The van der Waals surface area contributed by atoms with E-state index in [0.717, 1.165) is 25.9 Å². The fraction of sp³-hybridized carbons (Fsp3) is 0.786. The normalized spacial score (nSPS) is 25.6. The van der Waals surface area contributed by atoms with E-state index in [1.54, 1.807) is 16.7 Å². The van der Waals surface area contributed by atoms with Gasteiger partial charge in [-0.1, -0.05) is 0 Å². The second-order valence-electron chi connectivity index (χ2n) is 5.97. The Morgan fingerprint density at radius 2 is 2.09 bits per heavy atom. The van der Waals surface area contributed by atoms with E-state index in [4.69, 9.17) is 0 Å². The van der Waals surface area contributed by atoms with Crippen molar-refractivity contribution >= 4 is 41.9 Å². The maximum atomic E-state index is 12.4. The van der Waals surface area contributed by atoms with Gasteiger partial charge in [0.25, 0.3) is 0 Å². The molecule has 0 saturated carbocycles. The number of piperazine rings is 1. The maximum Gasteiger partial charge on any atom is 0.242 e. The Morgan fingerprint density at radius 3 is 2.78 bits per heavy atom. The molecule has 130 valence electrons. The van der Waals surface area contributed by atoms with Crippen molar-refractivity contribution in [1.82, 2.24) is 20.0 Å². The lowest BCUT2D eigenvalue weighted by Crippen LogP contribution is -2.58. The first kappa shape index (κ1) is 18.4. The SMILES string of the molecule is Cl.O=C1CSCN1CC(=O)N1CCCC(N2CCNCC2=O)C1. The van der Waals surface area contributed by atoms with E-state index in [-0.39, 0.29) is 42.7 Å². The van der Waals surface area contributed by atoms with Crippen LogP contribution in [0.25, 0.3) is 0 Å². The van der Waals surface area contributed by atoms with Crippen molar-refractivity contribution in [3.8, 4) is 0 Å². The highest BCUT2D eigenvalue weighted by atomic mass is 35.5.